The van der Waals surface area contributed by atoms with Crippen molar-refractivity contribution >= 4 is 5.69 Å². The highest BCUT2D eigenvalue weighted by molar-refractivity contribution is 5.39. The fraction of sp³-hybridized carbons (Fsp3) is 0.571. The van der Waals surface area contributed by atoms with E-state index in [0.717, 1.165) is 30.8 Å². The van der Waals surface area contributed by atoms with Gasteiger partial charge in [-0.1, -0.05) is 25.5 Å². The van der Waals surface area contributed by atoms with E-state index in [1.54, 1.807) is 0 Å². The summed E-state index contributed by atoms with van der Waals surface area (Å²) >= 11 is 0. The van der Waals surface area contributed by atoms with Crippen LogP contribution in [0.5, 0.6) is 0 Å². The molecule has 0 saturated heterocycles. The number of rotatable bonds is 7. The second kappa shape index (κ2) is 7.30. The van der Waals surface area contributed by atoms with E-state index < -0.39 is 0 Å². The van der Waals surface area contributed by atoms with Gasteiger partial charge >= 0.3 is 0 Å². The number of nitrogen functional groups attached to an aromatic ring is 1. The Morgan fingerprint density at radius 2 is 1.88 bits per heavy atom. The molecule has 0 aliphatic carbocycles. The number of hydrogen-bond donors (Lipinski definition) is 2. The Labute approximate surface area is 104 Å². The van der Waals surface area contributed by atoms with Gasteiger partial charge in [-0.3, -0.25) is 0 Å². The summed E-state index contributed by atoms with van der Waals surface area (Å²) in [5, 5.41) is 10.0. The van der Waals surface area contributed by atoms with Gasteiger partial charge in [0.1, 0.15) is 0 Å². The lowest BCUT2D eigenvalue weighted by molar-refractivity contribution is 0.149. The van der Waals surface area contributed by atoms with Gasteiger partial charge in [-0.2, -0.15) is 0 Å². The van der Waals surface area contributed by atoms with E-state index in [1.165, 1.54) is 12.8 Å². The van der Waals surface area contributed by atoms with Crippen molar-refractivity contribution in [2.24, 2.45) is 0 Å². The lowest BCUT2D eigenvalue weighted by Crippen LogP contribution is -2.22. The molecule has 0 radical (unpaired) electrons. The number of unbranched alkanes of at least 4 members (excludes halogenated alkanes) is 1. The highest BCUT2D eigenvalue weighted by Gasteiger charge is 2.08. The van der Waals surface area contributed by atoms with Crippen molar-refractivity contribution in [1.82, 2.24) is 4.90 Å². The molecule has 0 saturated carbocycles. The molecule has 17 heavy (non-hydrogen) atoms. The predicted octanol–water partition coefficient (Wildman–Crippen LogP) is 2.42. The first-order chi connectivity index (χ1) is 8.13. The predicted molar refractivity (Wildman–Crippen MR) is 72.8 cm³/mol. The highest BCUT2D eigenvalue weighted by atomic mass is 16.3. The van der Waals surface area contributed by atoms with E-state index in [9.17, 15) is 5.11 Å². The zero-order valence-corrected chi connectivity index (χ0v) is 10.9. The second-order valence-corrected chi connectivity index (χ2v) is 4.63. The molecule has 0 spiro atoms. The van der Waals surface area contributed by atoms with Crippen LogP contribution < -0.4 is 5.73 Å². The molecule has 0 amide bonds. The lowest BCUT2D eigenvalue weighted by atomic mass is 10.1. The number of anilines is 1. The fourth-order valence-corrected chi connectivity index (χ4v) is 1.77. The van der Waals surface area contributed by atoms with Crippen LogP contribution in [0, 0.1) is 0 Å². The molecule has 0 aliphatic rings. The van der Waals surface area contributed by atoms with Crippen LogP contribution in [0.15, 0.2) is 24.3 Å². The Morgan fingerprint density at radius 1 is 1.24 bits per heavy atom. The largest absolute Gasteiger partial charge is 0.399 e. The quantitative estimate of drug-likeness (QED) is 0.715. The Bertz CT molecular complexity index is 311. The van der Waals surface area contributed by atoms with Crippen LogP contribution in [0.2, 0.25) is 0 Å². The fourth-order valence-electron chi connectivity index (χ4n) is 1.77. The van der Waals surface area contributed by atoms with Gasteiger partial charge in [0, 0.05) is 12.2 Å². The molecular formula is C14H24N2O. The third-order valence-corrected chi connectivity index (χ3v) is 3.00. The normalized spacial score (nSPS) is 12.9. The van der Waals surface area contributed by atoms with Crippen LogP contribution >= 0.6 is 0 Å². The van der Waals surface area contributed by atoms with Crippen molar-refractivity contribution in [3.05, 3.63) is 29.8 Å². The maximum atomic E-state index is 10.0. The van der Waals surface area contributed by atoms with Crippen LogP contribution in [0.3, 0.4) is 0 Å². The minimum Gasteiger partial charge on any atom is -0.399 e. The van der Waals surface area contributed by atoms with Crippen molar-refractivity contribution in [1.29, 1.82) is 0 Å². The zero-order valence-electron chi connectivity index (χ0n) is 10.9. The van der Waals surface area contributed by atoms with Gasteiger partial charge in [0.25, 0.3) is 0 Å². The maximum absolute atomic E-state index is 10.0. The molecule has 1 aromatic rings. The van der Waals surface area contributed by atoms with Crippen LogP contribution in [-0.4, -0.2) is 30.1 Å². The molecule has 0 aliphatic heterocycles. The van der Waals surface area contributed by atoms with E-state index in [2.05, 4.69) is 18.9 Å². The second-order valence-electron chi connectivity index (χ2n) is 4.63. The first-order valence-corrected chi connectivity index (χ1v) is 6.35. The van der Waals surface area contributed by atoms with Crippen molar-refractivity contribution in [3.63, 3.8) is 0 Å². The van der Waals surface area contributed by atoms with Gasteiger partial charge in [-0.25, -0.2) is 0 Å². The molecular weight excluding hydrogens is 212 g/mol. The number of aliphatic hydroxyl groups excluding tert-OH is 1. The Morgan fingerprint density at radius 3 is 2.47 bits per heavy atom. The van der Waals surface area contributed by atoms with Gasteiger partial charge in [0.15, 0.2) is 0 Å². The third kappa shape index (κ3) is 5.20. The minimum atomic E-state index is -0.389. The molecule has 0 fully saturated rings. The molecule has 0 bridgehead atoms. The number of aliphatic hydroxyl groups is 1. The summed E-state index contributed by atoms with van der Waals surface area (Å²) in [5.41, 5.74) is 7.30. The SMILES string of the molecule is CCCCN(C)CCC(O)c1ccc(N)cc1. The van der Waals surface area contributed by atoms with Crippen molar-refractivity contribution in [2.45, 2.75) is 32.3 Å². The first-order valence-electron chi connectivity index (χ1n) is 6.35. The van der Waals surface area contributed by atoms with Gasteiger partial charge < -0.3 is 15.7 Å². The number of benzene rings is 1. The monoisotopic (exact) mass is 236 g/mol. The first kappa shape index (κ1) is 14.0. The minimum absolute atomic E-state index is 0.389. The van der Waals surface area contributed by atoms with Crippen molar-refractivity contribution in [3.8, 4) is 0 Å². The van der Waals surface area contributed by atoms with Crippen LogP contribution in [-0.2, 0) is 0 Å². The van der Waals surface area contributed by atoms with Crippen LogP contribution in [0.1, 0.15) is 37.9 Å². The molecule has 3 heteroatoms. The van der Waals surface area contributed by atoms with E-state index in [4.69, 9.17) is 5.73 Å². The lowest BCUT2D eigenvalue weighted by Gasteiger charge is -2.18. The summed E-state index contributed by atoms with van der Waals surface area (Å²) < 4.78 is 0. The summed E-state index contributed by atoms with van der Waals surface area (Å²) in [7, 11) is 2.10. The van der Waals surface area contributed by atoms with Crippen LogP contribution in [0.25, 0.3) is 0 Å². The summed E-state index contributed by atoms with van der Waals surface area (Å²) in [4.78, 5) is 2.27. The molecule has 3 nitrogen and oxygen atoms in total. The van der Waals surface area contributed by atoms with E-state index in [1.807, 2.05) is 24.3 Å². The smallest absolute Gasteiger partial charge is 0.0802 e. The van der Waals surface area contributed by atoms with Crippen molar-refractivity contribution < 1.29 is 5.11 Å². The molecule has 0 aromatic heterocycles. The molecule has 1 unspecified atom stereocenters. The van der Waals surface area contributed by atoms with E-state index in [-0.39, 0.29) is 6.10 Å². The van der Waals surface area contributed by atoms with E-state index in [0.29, 0.717) is 0 Å². The molecule has 1 rings (SSSR count). The average Bonchev–Trinajstić information content (AvgIpc) is 2.34. The summed E-state index contributed by atoms with van der Waals surface area (Å²) in [6.07, 6.45) is 2.81. The Hall–Kier alpha value is -1.06. The zero-order chi connectivity index (χ0) is 12.7. The topological polar surface area (TPSA) is 49.5 Å². The average molecular weight is 236 g/mol. The Balaban J connectivity index is 2.34. The summed E-state index contributed by atoms with van der Waals surface area (Å²) in [5.74, 6) is 0. The number of hydrogen-bond acceptors (Lipinski definition) is 3. The van der Waals surface area contributed by atoms with Gasteiger partial charge in [-0.05, 0) is 44.1 Å². The third-order valence-electron chi connectivity index (χ3n) is 3.00. The molecule has 1 aromatic carbocycles. The van der Waals surface area contributed by atoms with Gasteiger partial charge in [0.05, 0.1) is 6.10 Å². The molecule has 3 N–H and O–H groups in total. The number of nitrogens with zero attached hydrogens (tertiary/aromatic N) is 1. The molecule has 0 heterocycles. The number of nitrogens with two attached hydrogens (primary N) is 1. The Kier molecular flexibility index (Phi) is 6.01. The summed E-state index contributed by atoms with van der Waals surface area (Å²) in [6.45, 7) is 4.22. The van der Waals surface area contributed by atoms with E-state index >= 15 is 0 Å². The van der Waals surface area contributed by atoms with Crippen LogP contribution in [0.4, 0.5) is 5.69 Å². The molecule has 1 atom stereocenters. The molecule has 96 valence electrons. The highest BCUT2D eigenvalue weighted by Crippen LogP contribution is 2.18. The van der Waals surface area contributed by atoms with Gasteiger partial charge in [0.2, 0.25) is 0 Å². The standard InChI is InChI=1S/C14H24N2O/c1-3-4-10-16(2)11-9-14(17)12-5-7-13(15)8-6-12/h5-8,14,17H,3-4,9-11,15H2,1-2H3. The summed E-state index contributed by atoms with van der Waals surface area (Å²) in [6, 6.07) is 7.46. The van der Waals surface area contributed by atoms with Gasteiger partial charge in [-0.15, -0.1) is 0 Å². The van der Waals surface area contributed by atoms with Crippen molar-refractivity contribution in [2.75, 3.05) is 25.9 Å². The maximum Gasteiger partial charge on any atom is 0.0802 e.